The molecule has 1 aliphatic heterocycles. The van der Waals surface area contributed by atoms with Gasteiger partial charge in [-0.15, -0.1) is 34.2 Å². The van der Waals surface area contributed by atoms with Crippen molar-refractivity contribution in [2.45, 2.75) is 39.3 Å². The fourth-order valence-electron chi connectivity index (χ4n) is 2.80. The number of nitrogens with zero attached hydrogens (tertiary/aromatic N) is 4. The van der Waals surface area contributed by atoms with Crippen LogP contribution in [0, 0.1) is 0 Å². The van der Waals surface area contributed by atoms with Gasteiger partial charge < -0.3 is 24.7 Å². The Balaban J connectivity index is 0.00000280. The van der Waals surface area contributed by atoms with E-state index in [-0.39, 0.29) is 30.1 Å². The topological polar surface area (TPSA) is 85.6 Å². The first-order chi connectivity index (χ1) is 13.3. The molecule has 28 heavy (non-hydrogen) atoms. The van der Waals surface area contributed by atoms with Crippen molar-refractivity contribution in [1.82, 2.24) is 25.4 Å². The van der Waals surface area contributed by atoms with Gasteiger partial charge in [-0.05, 0) is 18.6 Å². The van der Waals surface area contributed by atoms with Gasteiger partial charge in [-0.1, -0.05) is 26.0 Å². The van der Waals surface area contributed by atoms with Crippen LogP contribution in [0.15, 0.2) is 35.6 Å². The molecule has 1 aromatic heterocycles. The number of rotatable bonds is 8. The summed E-state index contributed by atoms with van der Waals surface area (Å²) in [4.78, 5) is 4.67. The van der Waals surface area contributed by atoms with Gasteiger partial charge in [0.15, 0.2) is 23.6 Å². The average molecular weight is 500 g/mol. The third kappa shape index (κ3) is 6.25. The first-order valence-corrected chi connectivity index (χ1v) is 9.57. The molecule has 0 fully saturated rings. The normalized spacial score (nSPS) is 15.6. The maximum Gasteiger partial charge on any atom is 0.191 e. The Morgan fingerprint density at radius 2 is 2.00 bits per heavy atom. The summed E-state index contributed by atoms with van der Waals surface area (Å²) >= 11 is 0. The average Bonchev–Trinajstić information content (AvgIpc) is 3.17. The van der Waals surface area contributed by atoms with Gasteiger partial charge in [0, 0.05) is 26.1 Å². The third-order valence-corrected chi connectivity index (χ3v) is 4.22. The molecular weight excluding hydrogens is 471 g/mol. The van der Waals surface area contributed by atoms with Gasteiger partial charge in [0.1, 0.15) is 18.8 Å². The molecule has 2 N–H and O–H groups in total. The smallest absolute Gasteiger partial charge is 0.191 e. The minimum atomic E-state index is -0.0929. The SMILES string of the molecule is CCCNC(=NCC1COc2ccccc2O1)NCCn1cnnc1CC.I. The summed E-state index contributed by atoms with van der Waals surface area (Å²) in [5.74, 6) is 3.34. The molecule has 2 aromatic rings. The van der Waals surface area contributed by atoms with E-state index in [0.717, 1.165) is 55.8 Å². The fourth-order valence-corrected chi connectivity index (χ4v) is 2.80. The van der Waals surface area contributed by atoms with Crippen LogP contribution in [-0.4, -0.2) is 53.1 Å². The lowest BCUT2D eigenvalue weighted by Crippen LogP contribution is -2.41. The van der Waals surface area contributed by atoms with Gasteiger partial charge in [0.2, 0.25) is 0 Å². The Bertz CT molecular complexity index is 752. The maximum absolute atomic E-state index is 5.97. The predicted molar refractivity (Wildman–Crippen MR) is 120 cm³/mol. The Morgan fingerprint density at radius 3 is 2.79 bits per heavy atom. The molecular formula is C19H29IN6O2. The molecule has 1 aliphatic rings. The summed E-state index contributed by atoms with van der Waals surface area (Å²) in [6.07, 6.45) is 3.57. The van der Waals surface area contributed by atoms with E-state index in [2.05, 4.69) is 44.2 Å². The van der Waals surface area contributed by atoms with Crippen LogP contribution in [0.4, 0.5) is 0 Å². The number of nitrogens with one attached hydrogen (secondary N) is 2. The minimum Gasteiger partial charge on any atom is -0.486 e. The van der Waals surface area contributed by atoms with E-state index >= 15 is 0 Å². The number of hydrogen-bond acceptors (Lipinski definition) is 5. The van der Waals surface area contributed by atoms with Gasteiger partial charge in [-0.25, -0.2) is 4.99 Å². The zero-order chi connectivity index (χ0) is 18.9. The lowest BCUT2D eigenvalue weighted by Gasteiger charge is -2.25. The van der Waals surface area contributed by atoms with Gasteiger partial charge in [0.05, 0.1) is 6.54 Å². The molecule has 8 nitrogen and oxygen atoms in total. The number of fused-ring (bicyclic) bond motifs is 1. The van der Waals surface area contributed by atoms with Crippen molar-refractivity contribution in [3.05, 3.63) is 36.4 Å². The number of para-hydroxylation sites is 2. The maximum atomic E-state index is 5.97. The second kappa shape index (κ2) is 11.7. The zero-order valence-corrected chi connectivity index (χ0v) is 18.8. The Labute approximate surface area is 183 Å². The molecule has 0 aliphatic carbocycles. The first kappa shape index (κ1) is 22.3. The second-order valence-electron chi connectivity index (χ2n) is 6.33. The van der Waals surface area contributed by atoms with Crippen LogP contribution in [0.25, 0.3) is 0 Å². The zero-order valence-electron chi connectivity index (χ0n) is 16.4. The van der Waals surface area contributed by atoms with Crippen LogP contribution in [0.5, 0.6) is 11.5 Å². The number of hydrogen-bond donors (Lipinski definition) is 2. The van der Waals surface area contributed by atoms with Crippen molar-refractivity contribution in [1.29, 1.82) is 0 Å². The first-order valence-electron chi connectivity index (χ1n) is 9.57. The highest BCUT2D eigenvalue weighted by atomic mass is 127. The Kier molecular flexibility index (Phi) is 9.32. The molecule has 154 valence electrons. The molecule has 0 bridgehead atoms. The Hall–Kier alpha value is -2.04. The molecule has 3 rings (SSSR count). The van der Waals surface area contributed by atoms with Gasteiger partial charge in [-0.2, -0.15) is 0 Å². The lowest BCUT2D eigenvalue weighted by molar-refractivity contribution is 0.0971. The summed E-state index contributed by atoms with van der Waals surface area (Å²) in [6.45, 7) is 7.63. The van der Waals surface area contributed by atoms with E-state index in [9.17, 15) is 0 Å². The minimum absolute atomic E-state index is 0. The Morgan fingerprint density at radius 1 is 1.21 bits per heavy atom. The quantitative estimate of drug-likeness (QED) is 0.329. The number of aliphatic imine (C=N–C) groups is 1. The van der Waals surface area contributed by atoms with E-state index in [1.54, 1.807) is 6.33 Å². The van der Waals surface area contributed by atoms with Crippen molar-refractivity contribution in [3.8, 4) is 11.5 Å². The molecule has 0 radical (unpaired) electrons. The molecule has 1 aromatic carbocycles. The largest absolute Gasteiger partial charge is 0.486 e. The van der Waals surface area contributed by atoms with Crippen molar-refractivity contribution in [3.63, 3.8) is 0 Å². The summed E-state index contributed by atoms with van der Waals surface area (Å²) in [7, 11) is 0. The van der Waals surface area contributed by atoms with Crippen LogP contribution >= 0.6 is 24.0 Å². The van der Waals surface area contributed by atoms with E-state index in [1.807, 2.05) is 24.3 Å². The standard InChI is InChI=1S/C19H28N6O2.HI/c1-3-9-20-19(21-10-11-25-14-23-24-18(25)4-2)22-12-15-13-26-16-7-5-6-8-17(16)27-15;/h5-8,14-15H,3-4,9-13H2,1-2H3,(H2,20,21,22);1H. The highest BCUT2D eigenvalue weighted by Gasteiger charge is 2.20. The monoisotopic (exact) mass is 500 g/mol. The van der Waals surface area contributed by atoms with E-state index in [4.69, 9.17) is 9.47 Å². The van der Waals surface area contributed by atoms with Crippen LogP contribution in [0.2, 0.25) is 0 Å². The van der Waals surface area contributed by atoms with Crippen LogP contribution in [-0.2, 0) is 13.0 Å². The molecule has 1 atom stereocenters. The van der Waals surface area contributed by atoms with E-state index in [0.29, 0.717) is 13.2 Å². The number of aromatic nitrogens is 3. The van der Waals surface area contributed by atoms with Crippen molar-refractivity contribution >= 4 is 29.9 Å². The second-order valence-corrected chi connectivity index (χ2v) is 6.33. The van der Waals surface area contributed by atoms with E-state index < -0.39 is 0 Å². The van der Waals surface area contributed by atoms with Crippen LogP contribution < -0.4 is 20.1 Å². The lowest BCUT2D eigenvalue weighted by atomic mass is 10.2. The predicted octanol–water partition coefficient (Wildman–Crippen LogP) is 2.24. The molecule has 2 heterocycles. The summed E-state index contributed by atoms with van der Waals surface area (Å²) in [5.41, 5.74) is 0. The molecule has 0 amide bonds. The number of guanidine groups is 1. The van der Waals surface area contributed by atoms with Gasteiger partial charge in [0.25, 0.3) is 0 Å². The molecule has 0 saturated carbocycles. The fraction of sp³-hybridized carbons (Fsp3) is 0.526. The molecule has 0 spiro atoms. The van der Waals surface area contributed by atoms with Crippen molar-refractivity contribution < 1.29 is 9.47 Å². The molecule has 0 saturated heterocycles. The number of halogens is 1. The van der Waals surface area contributed by atoms with E-state index in [1.165, 1.54) is 0 Å². The van der Waals surface area contributed by atoms with Crippen LogP contribution in [0.1, 0.15) is 26.1 Å². The van der Waals surface area contributed by atoms with Gasteiger partial charge >= 0.3 is 0 Å². The molecule has 9 heteroatoms. The van der Waals surface area contributed by atoms with Crippen LogP contribution in [0.3, 0.4) is 0 Å². The number of ether oxygens (including phenoxy) is 2. The summed E-state index contributed by atoms with van der Waals surface area (Å²) < 4.78 is 13.8. The molecule has 1 unspecified atom stereocenters. The number of aryl methyl sites for hydroxylation is 1. The highest BCUT2D eigenvalue weighted by molar-refractivity contribution is 14.0. The highest BCUT2D eigenvalue weighted by Crippen LogP contribution is 2.30. The van der Waals surface area contributed by atoms with Gasteiger partial charge in [-0.3, -0.25) is 0 Å². The van der Waals surface area contributed by atoms with Crippen molar-refractivity contribution in [2.24, 2.45) is 4.99 Å². The summed E-state index contributed by atoms with van der Waals surface area (Å²) in [6, 6.07) is 7.72. The van der Waals surface area contributed by atoms with Crippen molar-refractivity contribution in [2.75, 3.05) is 26.2 Å². The third-order valence-electron chi connectivity index (χ3n) is 4.22. The number of benzene rings is 1. The summed E-state index contributed by atoms with van der Waals surface area (Å²) in [5, 5.41) is 14.8.